The molecule has 0 spiro atoms. The summed E-state index contributed by atoms with van der Waals surface area (Å²) >= 11 is 0. The number of piperidine rings is 1. The van der Waals surface area contributed by atoms with Gasteiger partial charge in [-0.15, -0.1) is 24.0 Å². The van der Waals surface area contributed by atoms with Gasteiger partial charge in [0, 0.05) is 32.6 Å². The molecule has 146 valence electrons. The van der Waals surface area contributed by atoms with Gasteiger partial charge in [-0.1, -0.05) is 12.1 Å². The van der Waals surface area contributed by atoms with Crippen LogP contribution in [0.3, 0.4) is 0 Å². The third kappa shape index (κ3) is 6.66. The fourth-order valence-electron chi connectivity index (χ4n) is 2.94. The highest BCUT2D eigenvalue weighted by Gasteiger charge is 2.23. The minimum Gasteiger partial charge on any atom is -0.494 e. The first-order chi connectivity index (χ1) is 12.0. The molecule has 1 heterocycles. The van der Waals surface area contributed by atoms with Gasteiger partial charge in [0.2, 0.25) is 5.91 Å². The Hall–Kier alpha value is -1.51. The van der Waals surface area contributed by atoms with E-state index in [1.54, 1.807) is 4.90 Å². The molecule has 1 aromatic carbocycles. The van der Waals surface area contributed by atoms with Crippen molar-refractivity contribution >= 4 is 35.8 Å². The summed E-state index contributed by atoms with van der Waals surface area (Å²) in [5.41, 5.74) is 2.27. The molecule has 0 bridgehead atoms. The van der Waals surface area contributed by atoms with E-state index in [4.69, 9.17) is 4.74 Å². The SMILES string of the molecule is CCNC(=NCc1ccc(OCC)c(C)c1)NC1CCC(=O)N(C)C1.I. The molecule has 1 atom stereocenters. The van der Waals surface area contributed by atoms with Crippen LogP contribution in [0.4, 0.5) is 0 Å². The molecule has 2 N–H and O–H groups in total. The van der Waals surface area contributed by atoms with Gasteiger partial charge in [-0.2, -0.15) is 0 Å². The van der Waals surface area contributed by atoms with Crippen LogP contribution < -0.4 is 15.4 Å². The number of hydrogen-bond acceptors (Lipinski definition) is 3. The van der Waals surface area contributed by atoms with Crippen molar-refractivity contribution in [1.82, 2.24) is 15.5 Å². The number of guanidine groups is 1. The highest BCUT2D eigenvalue weighted by atomic mass is 127. The lowest BCUT2D eigenvalue weighted by atomic mass is 10.1. The molecule has 1 aliphatic rings. The van der Waals surface area contributed by atoms with Crippen molar-refractivity contribution in [3.63, 3.8) is 0 Å². The zero-order chi connectivity index (χ0) is 18.2. The molecule has 0 saturated carbocycles. The minimum atomic E-state index is 0. The van der Waals surface area contributed by atoms with Crippen LogP contribution in [0.5, 0.6) is 5.75 Å². The van der Waals surface area contributed by atoms with Crippen LogP contribution >= 0.6 is 24.0 Å². The Morgan fingerprint density at radius 1 is 1.38 bits per heavy atom. The van der Waals surface area contributed by atoms with Crippen LogP contribution in [0.1, 0.15) is 37.8 Å². The topological polar surface area (TPSA) is 66.0 Å². The molecule has 1 amide bonds. The number of likely N-dealkylation sites (tertiary alicyclic amines) is 1. The van der Waals surface area contributed by atoms with E-state index in [1.165, 1.54) is 0 Å². The number of nitrogens with one attached hydrogen (secondary N) is 2. The van der Waals surface area contributed by atoms with Gasteiger partial charge in [0.25, 0.3) is 0 Å². The van der Waals surface area contributed by atoms with Crippen LogP contribution in [-0.2, 0) is 11.3 Å². The largest absolute Gasteiger partial charge is 0.494 e. The third-order valence-electron chi connectivity index (χ3n) is 4.27. The first-order valence-corrected chi connectivity index (χ1v) is 9.04. The second-order valence-corrected chi connectivity index (χ2v) is 6.38. The van der Waals surface area contributed by atoms with Crippen molar-refractivity contribution in [3.05, 3.63) is 29.3 Å². The average Bonchev–Trinajstić information content (AvgIpc) is 2.58. The molecule has 1 aliphatic heterocycles. The average molecular weight is 474 g/mol. The number of aliphatic imine (C=N–C) groups is 1. The number of amides is 1. The van der Waals surface area contributed by atoms with Crippen LogP contribution in [0.2, 0.25) is 0 Å². The Labute approximate surface area is 173 Å². The van der Waals surface area contributed by atoms with E-state index in [0.717, 1.165) is 35.8 Å². The van der Waals surface area contributed by atoms with Gasteiger partial charge in [0.1, 0.15) is 5.75 Å². The number of rotatable bonds is 6. The maximum Gasteiger partial charge on any atom is 0.222 e. The molecule has 2 rings (SSSR count). The summed E-state index contributed by atoms with van der Waals surface area (Å²) in [6.07, 6.45) is 1.43. The molecular weight excluding hydrogens is 443 g/mol. The quantitative estimate of drug-likeness (QED) is 0.378. The Balaban J connectivity index is 0.00000338. The van der Waals surface area contributed by atoms with Crippen LogP contribution in [-0.4, -0.2) is 49.6 Å². The van der Waals surface area contributed by atoms with Crippen LogP contribution in [0, 0.1) is 6.92 Å². The van der Waals surface area contributed by atoms with Crippen molar-refractivity contribution in [1.29, 1.82) is 0 Å². The molecule has 1 saturated heterocycles. The summed E-state index contributed by atoms with van der Waals surface area (Å²) in [6, 6.07) is 6.41. The molecule has 1 unspecified atom stereocenters. The number of ether oxygens (including phenoxy) is 1. The Kier molecular flexibility index (Phi) is 9.75. The maximum absolute atomic E-state index is 11.6. The number of halogens is 1. The van der Waals surface area contributed by atoms with Crippen LogP contribution in [0.25, 0.3) is 0 Å². The third-order valence-corrected chi connectivity index (χ3v) is 4.27. The first kappa shape index (κ1) is 22.5. The van der Waals surface area contributed by atoms with Gasteiger partial charge in [0.05, 0.1) is 13.2 Å². The molecule has 0 radical (unpaired) electrons. The molecule has 7 heteroatoms. The summed E-state index contributed by atoms with van der Waals surface area (Å²) in [4.78, 5) is 18.1. The van der Waals surface area contributed by atoms with Gasteiger partial charge in [-0.25, -0.2) is 4.99 Å². The zero-order valence-electron chi connectivity index (χ0n) is 16.2. The second-order valence-electron chi connectivity index (χ2n) is 6.38. The fourth-order valence-corrected chi connectivity index (χ4v) is 2.94. The van der Waals surface area contributed by atoms with E-state index >= 15 is 0 Å². The monoisotopic (exact) mass is 474 g/mol. The number of carbonyl (C=O) groups excluding carboxylic acids is 1. The van der Waals surface area contributed by atoms with Crippen molar-refractivity contribution < 1.29 is 9.53 Å². The molecule has 0 aromatic heterocycles. The molecule has 0 aliphatic carbocycles. The highest BCUT2D eigenvalue weighted by molar-refractivity contribution is 14.0. The molecule has 6 nitrogen and oxygen atoms in total. The number of aryl methyl sites for hydroxylation is 1. The summed E-state index contributed by atoms with van der Waals surface area (Å²) in [6.45, 7) is 8.88. The molecule has 1 aromatic rings. The van der Waals surface area contributed by atoms with Gasteiger partial charge in [-0.3, -0.25) is 4.79 Å². The van der Waals surface area contributed by atoms with Crippen molar-refractivity contribution in [2.45, 2.75) is 46.2 Å². The van der Waals surface area contributed by atoms with Crippen molar-refractivity contribution in [3.8, 4) is 5.75 Å². The summed E-state index contributed by atoms with van der Waals surface area (Å²) in [5, 5.41) is 6.73. The number of hydrogen-bond donors (Lipinski definition) is 2. The summed E-state index contributed by atoms with van der Waals surface area (Å²) in [5.74, 6) is 1.93. The van der Waals surface area contributed by atoms with Gasteiger partial charge < -0.3 is 20.3 Å². The number of benzene rings is 1. The first-order valence-electron chi connectivity index (χ1n) is 9.04. The molecular formula is C19H31IN4O2. The lowest BCUT2D eigenvalue weighted by molar-refractivity contribution is -0.132. The van der Waals surface area contributed by atoms with E-state index in [2.05, 4.69) is 41.6 Å². The maximum atomic E-state index is 11.6. The lowest BCUT2D eigenvalue weighted by Crippen LogP contribution is -2.51. The van der Waals surface area contributed by atoms with E-state index in [1.807, 2.05) is 20.0 Å². The van der Waals surface area contributed by atoms with Crippen LogP contribution in [0.15, 0.2) is 23.2 Å². The minimum absolute atomic E-state index is 0. The van der Waals surface area contributed by atoms with E-state index < -0.39 is 0 Å². The van der Waals surface area contributed by atoms with Gasteiger partial charge in [-0.05, 0) is 44.4 Å². The highest BCUT2D eigenvalue weighted by Crippen LogP contribution is 2.19. The summed E-state index contributed by atoms with van der Waals surface area (Å²) < 4.78 is 5.58. The standard InChI is InChI=1S/C19H30N4O2.HI/c1-5-20-19(22-16-8-10-18(24)23(4)13-16)21-12-15-7-9-17(25-6-2)14(3)11-15;/h7,9,11,16H,5-6,8,10,12-13H2,1-4H3,(H2,20,21,22);1H. The summed E-state index contributed by atoms with van der Waals surface area (Å²) in [7, 11) is 1.85. The Bertz CT molecular complexity index is 622. The number of nitrogens with zero attached hydrogens (tertiary/aromatic N) is 2. The van der Waals surface area contributed by atoms with Crippen molar-refractivity contribution in [2.75, 3.05) is 26.7 Å². The second kappa shape index (κ2) is 11.3. The lowest BCUT2D eigenvalue weighted by Gasteiger charge is -2.31. The Morgan fingerprint density at radius 3 is 2.77 bits per heavy atom. The Morgan fingerprint density at radius 2 is 2.15 bits per heavy atom. The van der Waals surface area contributed by atoms with Gasteiger partial charge >= 0.3 is 0 Å². The smallest absolute Gasteiger partial charge is 0.222 e. The van der Waals surface area contributed by atoms with Crippen molar-refractivity contribution in [2.24, 2.45) is 4.99 Å². The number of likely N-dealkylation sites (N-methyl/N-ethyl adjacent to an activating group) is 1. The normalized spacial score (nSPS) is 17.5. The molecule has 26 heavy (non-hydrogen) atoms. The predicted octanol–water partition coefficient (Wildman–Crippen LogP) is 2.69. The van der Waals surface area contributed by atoms with E-state index in [0.29, 0.717) is 26.1 Å². The van der Waals surface area contributed by atoms with E-state index in [9.17, 15) is 4.79 Å². The fraction of sp³-hybridized carbons (Fsp3) is 0.579. The number of carbonyl (C=O) groups is 1. The molecule has 1 fully saturated rings. The van der Waals surface area contributed by atoms with Gasteiger partial charge in [0.15, 0.2) is 5.96 Å². The van der Waals surface area contributed by atoms with E-state index in [-0.39, 0.29) is 35.9 Å². The zero-order valence-corrected chi connectivity index (χ0v) is 18.5. The predicted molar refractivity (Wildman–Crippen MR) is 116 cm³/mol.